The lowest BCUT2D eigenvalue weighted by Crippen LogP contribution is -2.17. The molecule has 3 aromatic rings. The van der Waals surface area contributed by atoms with Gasteiger partial charge >= 0.3 is 6.09 Å². The van der Waals surface area contributed by atoms with Gasteiger partial charge in [0.15, 0.2) is 0 Å². The molecule has 0 saturated heterocycles. The standard InChI is InChI=1S/C27H32N2O3/c1-4-31-22-13-14-23-24(15-22)29(16-18-5-6-18)26(25(23)19-7-8-19)20-9-11-21(12-10-20)28-27(30)32-17(2)3/h9-15,17-19H,4-8,16H2,1-3H3,(H,28,30). The Morgan fingerprint density at radius 1 is 1.09 bits per heavy atom. The molecule has 5 nitrogen and oxygen atoms in total. The van der Waals surface area contributed by atoms with Crippen LogP contribution in [0.2, 0.25) is 0 Å². The highest BCUT2D eigenvalue weighted by Crippen LogP contribution is 2.50. The van der Waals surface area contributed by atoms with E-state index >= 15 is 0 Å². The summed E-state index contributed by atoms with van der Waals surface area (Å²) in [5.41, 5.74) is 6.03. The van der Waals surface area contributed by atoms with E-state index in [-0.39, 0.29) is 6.10 Å². The normalized spacial score (nSPS) is 15.9. The van der Waals surface area contributed by atoms with Gasteiger partial charge in [-0.2, -0.15) is 0 Å². The van der Waals surface area contributed by atoms with Crippen LogP contribution in [0, 0.1) is 5.92 Å². The minimum Gasteiger partial charge on any atom is -0.494 e. The molecule has 0 radical (unpaired) electrons. The van der Waals surface area contributed by atoms with Gasteiger partial charge in [0, 0.05) is 23.7 Å². The van der Waals surface area contributed by atoms with Crippen LogP contribution in [0.15, 0.2) is 42.5 Å². The van der Waals surface area contributed by atoms with Crippen molar-refractivity contribution in [2.75, 3.05) is 11.9 Å². The first-order chi connectivity index (χ1) is 15.5. The molecule has 1 amide bonds. The summed E-state index contributed by atoms with van der Waals surface area (Å²) in [6.45, 7) is 7.44. The van der Waals surface area contributed by atoms with Crippen LogP contribution >= 0.6 is 0 Å². The number of rotatable bonds is 8. The lowest BCUT2D eigenvalue weighted by molar-refractivity contribution is 0.130. The minimum atomic E-state index is -0.419. The van der Waals surface area contributed by atoms with Gasteiger partial charge in [-0.15, -0.1) is 0 Å². The van der Waals surface area contributed by atoms with Crippen molar-refractivity contribution in [2.45, 2.75) is 65.0 Å². The maximum absolute atomic E-state index is 12.0. The molecule has 1 heterocycles. The van der Waals surface area contributed by atoms with E-state index in [1.54, 1.807) is 0 Å². The van der Waals surface area contributed by atoms with Crippen molar-refractivity contribution >= 4 is 22.7 Å². The second kappa shape index (κ2) is 8.53. The fourth-order valence-electron chi connectivity index (χ4n) is 4.53. The van der Waals surface area contributed by atoms with Crippen LogP contribution in [0.25, 0.3) is 22.2 Å². The summed E-state index contributed by atoms with van der Waals surface area (Å²) in [7, 11) is 0. The quantitative estimate of drug-likeness (QED) is 0.419. The number of hydrogen-bond acceptors (Lipinski definition) is 3. The number of amides is 1. The third kappa shape index (κ3) is 4.34. The molecule has 0 unspecified atom stereocenters. The van der Waals surface area contributed by atoms with Crippen molar-refractivity contribution in [1.82, 2.24) is 4.57 Å². The average Bonchev–Trinajstić information content (AvgIpc) is 3.67. The molecule has 32 heavy (non-hydrogen) atoms. The molecule has 0 atom stereocenters. The second-order valence-electron chi connectivity index (χ2n) is 9.36. The lowest BCUT2D eigenvalue weighted by Gasteiger charge is -2.14. The Kier molecular flexibility index (Phi) is 5.58. The predicted molar refractivity (Wildman–Crippen MR) is 128 cm³/mol. The Bertz CT molecular complexity index is 1120. The maximum Gasteiger partial charge on any atom is 0.411 e. The van der Waals surface area contributed by atoms with Gasteiger partial charge in [-0.05, 0) is 93.7 Å². The second-order valence-corrected chi connectivity index (χ2v) is 9.36. The SMILES string of the molecule is CCOc1ccc2c(C3CC3)c(-c3ccc(NC(=O)OC(C)C)cc3)n(CC3CC3)c2c1. The van der Waals surface area contributed by atoms with Crippen molar-refractivity contribution < 1.29 is 14.3 Å². The van der Waals surface area contributed by atoms with Crippen LogP contribution in [-0.4, -0.2) is 23.4 Å². The topological polar surface area (TPSA) is 52.5 Å². The number of anilines is 1. The molecule has 0 spiro atoms. The maximum atomic E-state index is 12.0. The summed E-state index contributed by atoms with van der Waals surface area (Å²) in [5, 5.41) is 4.18. The fourth-order valence-corrected chi connectivity index (χ4v) is 4.53. The monoisotopic (exact) mass is 432 g/mol. The van der Waals surface area contributed by atoms with Crippen molar-refractivity contribution in [3.8, 4) is 17.0 Å². The van der Waals surface area contributed by atoms with E-state index in [0.717, 1.165) is 23.9 Å². The van der Waals surface area contributed by atoms with E-state index in [4.69, 9.17) is 9.47 Å². The van der Waals surface area contributed by atoms with Crippen LogP contribution in [0.5, 0.6) is 5.75 Å². The van der Waals surface area contributed by atoms with E-state index in [1.807, 2.05) is 32.9 Å². The number of hydrogen-bond donors (Lipinski definition) is 1. The van der Waals surface area contributed by atoms with Gasteiger partial charge in [0.05, 0.1) is 23.9 Å². The molecule has 0 aliphatic heterocycles. The number of carbonyl (C=O) groups is 1. The van der Waals surface area contributed by atoms with Crippen LogP contribution < -0.4 is 10.1 Å². The summed E-state index contributed by atoms with van der Waals surface area (Å²) in [6, 6.07) is 14.8. The molecular formula is C27H32N2O3. The Morgan fingerprint density at radius 2 is 1.84 bits per heavy atom. The van der Waals surface area contributed by atoms with Crippen LogP contribution in [0.3, 0.4) is 0 Å². The van der Waals surface area contributed by atoms with Crippen molar-refractivity contribution in [2.24, 2.45) is 5.92 Å². The molecule has 1 aromatic heterocycles. The number of ether oxygens (including phenoxy) is 2. The Labute approximate surface area is 189 Å². The number of aromatic nitrogens is 1. The molecule has 168 valence electrons. The molecular weight excluding hydrogens is 400 g/mol. The van der Waals surface area contributed by atoms with Crippen LogP contribution in [0.1, 0.15) is 57.9 Å². The minimum absolute atomic E-state index is 0.143. The zero-order valence-corrected chi connectivity index (χ0v) is 19.2. The van der Waals surface area contributed by atoms with E-state index < -0.39 is 6.09 Å². The smallest absolute Gasteiger partial charge is 0.411 e. The molecule has 2 aliphatic rings. The van der Waals surface area contributed by atoms with Crippen LogP contribution in [-0.2, 0) is 11.3 Å². The van der Waals surface area contributed by atoms with E-state index in [0.29, 0.717) is 12.5 Å². The average molecular weight is 433 g/mol. The van der Waals surface area contributed by atoms with E-state index in [2.05, 4.69) is 40.2 Å². The van der Waals surface area contributed by atoms with E-state index in [9.17, 15) is 4.79 Å². The molecule has 2 saturated carbocycles. The first kappa shape index (κ1) is 20.9. The number of nitrogens with zero attached hydrogens (tertiary/aromatic N) is 1. The van der Waals surface area contributed by atoms with Gasteiger partial charge in [0.2, 0.25) is 0 Å². The summed E-state index contributed by atoms with van der Waals surface area (Å²) >= 11 is 0. The van der Waals surface area contributed by atoms with Gasteiger partial charge in [-0.25, -0.2) is 4.79 Å². The highest BCUT2D eigenvalue weighted by atomic mass is 16.6. The highest BCUT2D eigenvalue weighted by Gasteiger charge is 2.33. The Balaban J connectivity index is 1.56. The lowest BCUT2D eigenvalue weighted by atomic mass is 10.0. The first-order valence-corrected chi connectivity index (χ1v) is 11.9. The van der Waals surface area contributed by atoms with Gasteiger partial charge in [0.25, 0.3) is 0 Å². The zero-order valence-electron chi connectivity index (χ0n) is 19.2. The summed E-state index contributed by atoms with van der Waals surface area (Å²) in [4.78, 5) is 12.0. The van der Waals surface area contributed by atoms with Gasteiger partial charge < -0.3 is 14.0 Å². The molecule has 2 fully saturated rings. The van der Waals surface area contributed by atoms with Gasteiger partial charge in [-0.1, -0.05) is 12.1 Å². The highest BCUT2D eigenvalue weighted by molar-refractivity contribution is 5.94. The van der Waals surface area contributed by atoms with Crippen molar-refractivity contribution in [3.05, 3.63) is 48.0 Å². The molecule has 1 N–H and O–H groups in total. The van der Waals surface area contributed by atoms with E-state index in [1.165, 1.54) is 53.4 Å². The first-order valence-electron chi connectivity index (χ1n) is 11.9. The Hall–Kier alpha value is -2.95. The molecule has 5 heteroatoms. The summed E-state index contributed by atoms with van der Waals surface area (Å²) < 4.78 is 13.6. The number of fused-ring (bicyclic) bond motifs is 1. The zero-order chi connectivity index (χ0) is 22.2. The molecule has 5 rings (SSSR count). The third-order valence-electron chi connectivity index (χ3n) is 6.26. The number of benzene rings is 2. The fraction of sp³-hybridized carbons (Fsp3) is 0.444. The summed E-state index contributed by atoms with van der Waals surface area (Å²) in [5.74, 6) is 2.33. The molecule has 0 bridgehead atoms. The summed E-state index contributed by atoms with van der Waals surface area (Å²) in [6.07, 6.45) is 4.56. The molecule has 2 aromatic carbocycles. The largest absolute Gasteiger partial charge is 0.494 e. The number of nitrogens with one attached hydrogen (secondary N) is 1. The van der Waals surface area contributed by atoms with Crippen molar-refractivity contribution in [3.63, 3.8) is 0 Å². The van der Waals surface area contributed by atoms with Gasteiger partial charge in [-0.3, -0.25) is 5.32 Å². The predicted octanol–water partition coefficient (Wildman–Crippen LogP) is 6.95. The molecule has 2 aliphatic carbocycles. The van der Waals surface area contributed by atoms with Gasteiger partial charge in [0.1, 0.15) is 5.75 Å². The van der Waals surface area contributed by atoms with Crippen LogP contribution in [0.4, 0.5) is 10.5 Å². The Morgan fingerprint density at radius 3 is 2.47 bits per heavy atom. The number of carbonyl (C=O) groups excluding carboxylic acids is 1. The third-order valence-corrected chi connectivity index (χ3v) is 6.26. The van der Waals surface area contributed by atoms with Crippen molar-refractivity contribution in [1.29, 1.82) is 0 Å².